The SMILES string of the molecule is Br.BrCCN1CCCc2ccccc21. The fraction of sp³-hybridized carbons (Fsp3) is 0.455. The van der Waals surface area contributed by atoms with Crippen LogP contribution >= 0.6 is 32.9 Å². The summed E-state index contributed by atoms with van der Waals surface area (Å²) in [4.78, 5) is 2.47. The maximum atomic E-state index is 3.50. The van der Waals surface area contributed by atoms with Gasteiger partial charge in [0.1, 0.15) is 0 Å². The molecule has 0 unspecified atom stereocenters. The zero-order valence-corrected chi connectivity index (χ0v) is 11.4. The third kappa shape index (κ3) is 2.51. The first-order chi connectivity index (χ1) is 6.42. The van der Waals surface area contributed by atoms with Gasteiger partial charge in [-0.1, -0.05) is 34.1 Å². The maximum absolute atomic E-state index is 3.50. The second kappa shape index (κ2) is 5.76. The molecule has 1 aromatic carbocycles. The standard InChI is InChI=1S/C11H14BrN.BrH/c12-7-9-13-8-3-5-10-4-1-2-6-11(10)13;/h1-2,4,6H,3,5,7-9H2;1H. The molecule has 2 rings (SSSR count). The Bertz CT molecular complexity index is 288. The van der Waals surface area contributed by atoms with E-state index in [-0.39, 0.29) is 17.0 Å². The summed E-state index contributed by atoms with van der Waals surface area (Å²) in [6.45, 7) is 2.33. The molecule has 0 aromatic heterocycles. The van der Waals surface area contributed by atoms with Gasteiger partial charge in [-0.15, -0.1) is 17.0 Å². The summed E-state index contributed by atoms with van der Waals surface area (Å²) in [5.74, 6) is 0. The fourth-order valence-corrected chi connectivity index (χ4v) is 2.37. The van der Waals surface area contributed by atoms with Crippen molar-refractivity contribution in [2.24, 2.45) is 0 Å². The average Bonchev–Trinajstić information content (AvgIpc) is 2.19. The molecule has 0 radical (unpaired) electrons. The molecular formula is C11H15Br2N. The monoisotopic (exact) mass is 319 g/mol. The number of alkyl halides is 1. The van der Waals surface area contributed by atoms with Crippen LogP contribution in [0.25, 0.3) is 0 Å². The van der Waals surface area contributed by atoms with Crippen LogP contribution in [-0.4, -0.2) is 18.4 Å². The van der Waals surface area contributed by atoms with Gasteiger partial charge in [0, 0.05) is 24.1 Å². The molecule has 3 heteroatoms. The van der Waals surface area contributed by atoms with E-state index in [1.165, 1.54) is 30.6 Å². The van der Waals surface area contributed by atoms with Crippen molar-refractivity contribution in [3.63, 3.8) is 0 Å². The number of para-hydroxylation sites is 1. The van der Waals surface area contributed by atoms with Crippen LogP contribution in [-0.2, 0) is 6.42 Å². The Morgan fingerprint density at radius 2 is 2.07 bits per heavy atom. The van der Waals surface area contributed by atoms with Crippen LogP contribution in [0.1, 0.15) is 12.0 Å². The number of fused-ring (bicyclic) bond motifs is 1. The Morgan fingerprint density at radius 1 is 1.29 bits per heavy atom. The summed E-state index contributed by atoms with van der Waals surface area (Å²) in [5.41, 5.74) is 2.95. The van der Waals surface area contributed by atoms with Gasteiger partial charge in [0.25, 0.3) is 0 Å². The summed E-state index contributed by atoms with van der Waals surface area (Å²) in [6, 6.07) is 8.74. The molecule has 1 nitrogen and oxygen atoms in total. The van der Waals surface area contributed by atoms with Crippen molar-refractivity contribution in [3.05, 3.63) is 29.8 Å². The molecule has 14 heavy (non-hydrogen) atoms. The van der Waals surface area contributed by atoms with Gasteiger partial charge < -0.3 is 4.90 Å². The van der Waals surface area contributed by atoms with Crippen molar-refractivity contribution in [2.45, 2.75) is 12.8 Å². The topological polar surface area (TPSA) is 3.24 Å². The van der Waals surface area contributed by atoms with E-state index in [9.17, 15) is 0 Å². The van der Waals surface area contributed by atoms with Crippen molar-refractivity contribution in [2.75, 3.05) is 23.3 Å². The minimum atomic E-state index is 0. The van der Waals surface area contributed by atoms with Gasteiger partial charge in [0.05, 0.1) is 0 Å². The lowest BCUT2D eigenvalue weighted by Gasteiger charge is -2.30. The predicted octanol–water partition coefficient (Wildman–Crippen LogP) is 3.41. The molecular weight excluding hydrogens is 306 g/mol. The van der Waals surface area contributed by atoms with Gasteiger partial charge in [-0.05, 0) is 24.5 Å². The Labute approximate surface area is 104 Å². The highest BCUT2D eigenvalue weighted by molar-refractivity contribution is 9.09. The lowest BCUT2D eigenvalue weighted by molar-refractivity contribution is 0.711. The van der Waals surface area contributed by atoms with Gasteiger partial charge in [-0.2, -0.15) is 0 Å². The first-order valence-electron chi connectivity index (χ1n) is 4.80. The zero-order valence-electron chi connectivity index (χ0n) is 8.08. The van der Waals surface area contributed by atoms with Gasteiger partial charge >= 0.3 is 0 Å². The highest BCUT2D eigenvalue weighted by atomic mass is 79.9. The van der Waals surface area contributed by atoms with Gasteiger partial charge in [0.15, 0.2) is 0 Å². The normalized spacial score (nSPS) is 14.5. The van der Waals surface area contributed by atoms with E-state index >= 15 is 0 Å². The van der Waals surface area contributed by atoms with E-state index in [0.717, 1.165) is 11.9 Å². The molecule has 78 valence electrons. The summed E-state index contributed by atoms with van der Waals surface area (Å²) >= 11 is 3.50. The van der Waals surface area contributed by atoms with Crippen LogP contribution in [0.2, 0.25) is 0 Å². The maximum Gasteiger partial charge on any atom is 0.0399 e. The van der Waals surface area contributed by atoms with Crippen LogP contribution in [0.3, 0.4) is 0 Å². The molecule has 0 spiro atoms. The quantitative estimate of drug-likeness (QED) is 0.755. The molecule has 0 aliphatic carbocycles. The molecule has 0 fully saturated rings. The first kappa shape index (κ1) is 12.1. The number of benzene rings is 1. The number of rotatable bonds is 2. The highest BCUT2D eigenvalue weighted by Crippen LogP contribution is 2.26. The predicted molar refractivity (Wildman–Crippen MR) is 71.1 cm³/mol. The van der Waals surface area contributed by atoms with Crippen molar-refractivity contribution >= 4 is 38.6 Å². The Morgan fingerprint density at radius 3 is 2.86 bits per heavy atom. The molecule has 1 aliphatic rings. The van der Waals surface area contributed by atoms with E-state index in [4.69, 9.17) is 0 Å². The minimum Gasteiger partial charge on any atom is -0.370 e. The Kier molecular flexibility index (Phi) is 4.96. The van der Waals surface area contributed by atoms with Crippen LogP contribution in [0.4, 0.5) is 5.69 Å². The summed E-state index contributed by atoms with van der Waals surface area (Å²) < 4.78 is 0. The first-order valence-corrected chi connectivity index (χ1v) is 5.93. The number of hydrogen-bond acceptors (Lipinski definition) is 1. The molecule has 0 atom stereocenters. The zero-order chi connectivity index (χ0) is 9.10. The van der Waals surface area contributed by atoms with Crippen molar-refractivity contribution in [1.82, 2.24) is 0 Å². The van der Waals surface area contributed by atoms with E-state index in [2.05, 4.69) is 45.1 Å². The van der Waals surface area contributed by atoms with Gasteiger partial charge in [0.2, 0.25) is 0 Å². The third-order valence-electron chi connectivity index (χ3n) is 2.56. The van der Waals surface area contributed by atoms with E-state index in [1.54, 1.807) is 0 Å². The number of anilines is 1. The minimum absolute atomic E-state index is 0. The second-order valence-corrected chi connectivity index (χ2v) is 4.20. The molecule has 0 saturated heterocycles. The van der Waals surface area contributed by atoms with E-state index in [1.807, 2.05) is 0 Å². The highest BCUT2D eigenvalue weighted by Gasteiger charge is 2.14. The summed E-state index contributed by atoms with van der Waals surface area (Å²) in [7, 11) is 0. The van der Waals surface area contributed by atoms with Gasteiger partial charge in [-0.25, -0.2) is 0 Å². The van der Waals surface area contributed by atoms with Crippen LogP contribution in [0.15, 0.2) is 24.3 Å². The summed E-state index contributed by atoms with van der Waals surface area (Å²) in [6.07, 6.45) is 2.54. The third-order valence-corrected chi connectivity index (χ3v) is 2.92. The number of nitrogens with zero attached hydrogens (tertiary/aromatic N) is 1. The smallest absolute Gasteiger partial charge is 0.0399 e. The average molecular weight is 321 g/mol. The largest absolute Gasteiger partial charge is 0.370 e. The summed E-state index contributed by atoms with van der Waals surface area (Å²) in [5, 5.41) is 1.06. The van der Waals surface area contributed by atoms with Crippen LogP contribution in [0.5, 0.6) is 0 Å². The van der Waals surface area contributed by atoms with Crippen molar-refractivity contribution < 1.29 is 0 Å². The number of hydrogen-bond donors (Lipinski definition) is 0. The molecule has 1 aromatic rings. The van der Waals surface area contributed by atoms with E-state index < -0.39 is 0 Å². The van der Waals surface area contributed by atoms with E-state index in [0.29, 0.717) is 0 Å². The van der Waals surface area contributed by atoms with Crippen molar-refractivity contribution in [1.29, 1.82) is 0 Å². The Hall–Kier alpha value is -0.0200. The van der Waals surface area contributed by atoms with Crippen molar-refractivity contribution in [3.8, 4) is 0 Å². The lowest BCUT2D eigenvalue weighted by Crippen LogP contribution is -2.30. The molecule has 1 heterocycles. The van der Waals surface area contributed by atoms with Gasteiger partial charge in [-0.3, -0.25) is 0 Å². The molecule has 0 N–H and O–H groups in total. The Balaban J connectivity index is 0.000000980. The molecule has 1 aliphatic heterocycles. The number of aryl methyl sites for hydroxylation is 1. The number of halogens is 2. The van der Waals surface area contributed by atoms with Crippen LogP contribution in [0, 0.1) is 0 Å². The fourth-order valence-electron chi connectivity index (χ4n) is 1.95. The van der Waals surface area contributed by atoms with Crippen LogP contribution < -0.4 is 4.90 Å². The lowest BCUT2D eigenvalue weighted by atomic mass is 10.0. The molecule has 0 saturated carbocycles. The molecule has 0 bridgehead atoms. The second-order valence-electron chi connectivity index (χ2n) is 3.41. The molecule has 0 amide bonds.